The Labute approximate surface area is 161 Å². The van der Waals surface area contributed by atoms with Crippen LogP contribution in [0, 0.1) is 0 Å². The summed E-state index contributed by atoms with van der Waals surface area (Å²) in [7, 11) is 0. The Hall–Kier alpha value is -3.04. The fourth-order valence-electron chi connectivity index (χ4n) is 2.40. The minimum absolute atomic E-state index is 0.106. The SMILES string of the molecule is C[C@@H](NC(=O)COC(=O)c1cc(C(F)(F)F)cc(C(F)(F)F)c1)c1ccccc1. The second kappa shape index (κ2) is 8.54. The van der Waals surface area contributed by atoms with Gasteiger partial charge in [-0.05, 0) is 30.7 Å². The van der Waals surface area contributed by atoms with Crippen LogP contribution in [0.2, 0.25) is 0 Å². The summed E-state index contributed by atoms with van der Waals surface area (Å²) >= 11 is 0. The highest BCUT2D eigenvalue weighted by molar-refractivity contribution is 5.91. The van der Waals surface area contributed by atoms with Crippen molar-refractivity contribution in [3.05, 3.63) is 70.8 Å². The molecule has 1 N–H and O–H groups in total. The highest BCUT2D eigenvalue weighted by Crippen LogP contribution is 2.36. The number of rotatable bonds is 5. The molecule has 1 amide bonds. The van der Waals surface area contributed by atoms with Crippen LogP contribution in [0.3, 0.4) is 0 Å². The Morgan fingerprint density at radius 2 is 1.45 bits per heavy atom. The molecular weight excluding hydrogens is 404 g/mol. The van der Waals surface area contributed by atoms with E-state index >= 15 is 0 Å². The van der Waals surface area contributed by atoms with E-state index in [1.165, 1.54) is 0 Å². The molecule has 0 aromatic heterocycles. The van der Waals surface area contributed by atoms with Crippen LogP contribution in [0.4, 0.5) is 26.3 Å². The zero-order valence-corrected chi connectivity index (χ0v) is 14.9. The van der Waals surface area contributed by atoms with Crippen molar-refractivity contribution in [1.82, 2.24) is 5.32 Å². The molecule has 10 heteroatoms. The average Bonchev–Trinajstić information content (AvgIpc) is 2.65. The molecule has 4 nitrogen and oxygen atoms in total. The lowest BCUT2D eigenvalue weighted by Gasteiger charge is -2.15. The topological polar surface area (TPSA) is 55.4 Å². The third-order valence-corrected chi connectivity index (χ3v) is 3.83. The number of hydrogen-bond donors (Lipinski definition) is 1. The third-order valence-electron chi connectivity index (χ3n) is 3.83. The van der Waals surface area contributed by atoms with Gasteiger partial charge in [-0.3, -0.25) is 4.79 Å². The zero-order valence-electron chi connectivity index (χ0n) is 14.9. The van der Waals surface area contributed by atoms with Gasteiger partial charge in [0.2, 0.25) is 0 Å². The first-order valence-corrected chi connectivity index (χ1v) is 8.19. The maximum absolute atomic E-state index is 12.8. The number of alkyl halides is 6. The van der Waals surface area contributed by atoms with E-state index in [9.17, 15) is 35.9 Å². The normalized spacial score (nSPS) is 12.9. The fourth-order valence-corrected chi connectivity index (χ4v) is 2.40. The number of ether oxygens (including phenoxy) is 1. The van der Waals surface area contributed by atoms with E-state index in [2.05, 4.69) is 10.1 Å². The molecule has 2 rings (SSSR count). The highest BCUT2D eigenvalue weighted by Gasteiger charge is 2.37. The maximum Gasteiger partial charge on any atom is 0.416 e. The molecule has 156 valence electrons. The van der Waals surface area contributed by atoms with Crippen molar-refractivity contribution in [2.45, 2.75) is 25.3 Å². The third kappa shape index (κ3) is 6.23. The first-order valence-electron chi connectivity index (χ1n) is 8.19. The quantitative estimate of drug-likeness (QED) is 0.562. The van der Waals surface area contributed by atoms with Gasteiger partial charge < -0.3 is 10.1 Å². The standard InChI is InChI=1S/C19H15F6NO3/c1-11(12-5-3-2-4-6-12)26-16(27)10-29-17(28)13-7-14(18(20,21)22)9-15(8-13)19(23,24)25/h2-9,11H,10H2,1H3,(H,26,27)/t11-/m1/s1. The van der Waals surface area contributed by atoms with Crippen molar-refractivity contribution < 1.29 is 40.7 Å². The van der Waals surface area contributed by atoms with Crippen molar-refractivity contribution in [3.63, 3.8) is 0 Å². The van der Waals surface area contributed by atoms with Gasteiger partial charge in [0.25, 0.3) is 5.91 Å². The molecule has 0 saturated heterocycles. The molecule has 0 aliphatic rings. The first kappa shape index (κ1) is 22.3. The molecule has 2 aromatic carbocycles. The van der Waals surface area contributed by atoms with Gasteiger partial charge in [0, 0.05) is 0 Å². The monoisotopic (exact) mass is 419 g/mol. The molecule has 0 aliphatic heterocycles. The van der Waals surface area contributed by atoms with E-state index in [0.717, 1.165) is 5.56 Å². The second-order valence-electron chi connectivity index (χ2n) is 6.07. The molecule has 0 bridgehead atoms. The molecule has 29 heavy (non-hydrogen) atoms. The lowest BCUT2D eigenvalue weighted by Crippen LogP contribution is -2.31. The second-order valence-corrected chi connectivity index (χ2v) is 6.07. The maximum atomic E-state index is 12.8. The summed E-state index contributed by atoms with van der Waals surface area (Å²) in [6.45, 7) is 0.783. The van der Waals surface area contributed by atoms with E-state index in [1.54, 1.807) is 37.3 Å². The summed E-state index contributed by atoms with van der Waals surface area (Å²) in [5.41, 5.74) is -3.52. The smallest absolute Gasteiger partial charge is 0.416 e. The Balaban J connectivity index is 2.09. The van der Waals surface area contributed by atoms with Crippen LogP contribution in [0.15, 0.2) is 48.5 Å². The summed E-state index contributed by atoms with van der Waals surface area (Å²) in [5, 5.41) is 2.50. The Bertz CT molecular complexity index is 845. The summed E-state index contributed by atoms with van der Waals surface area (Å²) in [6.07, 6.45) is -10.2. The van der Waals surface area contributed by atoms with Crippen LogP contribution in [-0.2, 0) is 21.9 Å². The van der Waals surface area contributed by atoms with Gasteiger partial charge in [-0.2, -0.15) is 26.3 Å². The number of esters is 1. The van der Waals surface area contributed by atoms with Crippen LogP contribution in [0.25, 0.3) is 0 Å². The molecular formula is C19H15F6NO3. The van der Waals surface area contributed by atoms with Gasteiger partial charge in [0.15, 0.2) is 6.61 Å². The molecule has 0 unspecified atom stereocenters. The average molecular weight is 419 g/mol. The van der Waals surface area contributed by atoms with Crippen molar-refractivity contribution in [1.29, 1.82) is 0 Å². The number of benzene rings is 2. The van der Waals surface area contributed by atoms with Crippen LogP contribution in [0.5, 0.6) is 0 Å². The molecule has 1 atom stereocenters. The summed E-state index contributed by atoms with van der Waals surface area (Å²) < 4.78 is 81.6. The molecule has 0 fully saturated rings. The largest absolute Gasteiger partial charge is 0.452 e. The van der Waals surface area contributed by atoms with E-state index in [4.69, 9.17) is 0 Å². The zero-order chi connectivity index (χ0) is 21.8. The van der Waals surface area contributed by atoms with Gasteiger partial charge >= 0.3 is 18.3 Å². The van der Waals surface area contributed by atoms with Crippen LogP contribution >= 0.6 is 0 Å². The van der Waals surface area contributed by atoms with Crippen LogP contribution < -0.4 is 5.32 Å². The Morgan fingerprint density at radius 1 is 0.931 bits per heavy atom. The number of carbonyl (C=O) groups is 2. The van der Waals surface area contributed by atoms with Crippen LogP contribution in [-0.4, -0.2) is 18.5 Å². The lowest BCUT2D eigenvalue weighted by molar-refractivity contribution is -0.143. The number of halogens is 6. The lowest BCUT2D eigenvalue weighted by atomic mass is 10.0. The molecule has 0 aliphatic carbocycles. The van der Waals surface area contributed by atoms with Crippen molar-refractivity contribution >= 4 is 11.9 Å². The van der Waals surface area contributed by atoms with Gasteiger partial charge in [-0.15, -0.1) is 0 Å². The van der Waals surface area contributed by atoms with Gasteiger partial charge in [0.05, 0.1) is 22.7 Å². The van der Waals surface area contributed by atoms with E-state index < -0.39 is 53.6 Å². The predicted molar refractivity (Wildman–Crippen MR) is 89.7 cm³/mol. The number of hydrogen-bond acceptors (Lipinski definition) is 3. The van der Waals surface area contributed by atoms with Crippen LogP contribution in [0.1, 0.15) is 40.0 Å². The summed E-state index contributed by atoms with van der Waals surface area (Å²) in [5.74, 6) is -2.25. The van der Waals surface area contributed by atoms with Crippen molar-refractivity contribution in [3.8, 4) is 0 Å². The van der Waals surface area contributed by atoms with E-state index in [0.29, 0.717) is 0 Å². The molecule has 0 heterocycles. The fraction of sp³-hybridized carbons (Fsp3) is 0.263. The van der Waals surface area contributed by atoms with Gasteiger partial charge in [-0.1, -0.05) is 30.3 Å². The molecule has 0 spiro atoms. The Kier molecular flexibility index (Phi) is 6.55. The van der Waals surface area contributed by atoms with E-state index in [-0.39, 0.29) is 18.2 Å². The molecule has 2 aromatic rings. The van der Waals surface area contributed by atoms with Crippen molar-refractivity contribution in [2.24, 2.45) is 0 Å². The minimum atomic E-state index is -5.10. The first-order chi connectivity index (χ1) is 13.4. The highest BCUT2D eigenvalue weighted by atomic mass is 19.4. The number of carbonyl (C=O) groups excluding carboxylic acids is 2. The summed E-state index contributed by atoms with van der Waals surface area (Å²) in [4.78, 5) is 23.8. The van der Waals surface area contributed by atoms with Gasteiger partial charge in [-0.25, -0.2) is 4.79 Å². The minimum Gasteiger partial charge on any atom is -0.452 e. The van der Waals surface area contributed by atoms with Crippen molar-refractivity contribution in [2.75, 3.05) is 6.61 Å². The van der Waals surface area contributed by atoms with E-state index in [1.807, 2.05) is 0 Å². The molecule has 0 saturated carbocycles. The number of amides is 1. The van der Waals surface area contributed by atoms with Gasteiger partial charge in [0.1, 0.15) is 0 Å². The Morgan fingerprint density at radius 3 is 1.93 bits per heavy atom. The molecule has 0 radical (unpaired) electrons. The summed E-state index contributed by atoms with van der Waals surface area (Å²) in [6, 6.07) is 8.64. The predicted octanol–water partition coefficient (Wildman–Crippen LogP) is 4.76. The number of nitrogens with one attached hydrogen (secondary N) is 1.